The SMILES string of the molecule is CC1(C)CCC(c2ccc(Cl)cc2)=C(CN2CCN(c3ccc(C(=O)NS(=O)(=O)c4ccc(N[C@H](CCN5CCN(Cc6ccc(F)c(N7CCC(=O)NC7=O)c6)CC5)CSc5ccccc5)c(S(=O)(=O)C(F)(F)F)c4)cc3)CC2)C1. The molecule has 0 bridgehead atoms. The largest absolute Gasteiger partial charge is 0.501 e. The Morgan fingerprint density at radius 1 is 0.778 bits per heavy atom. The number of anilines is 3. The second-order valence-electron chi connectivity index (χ2n) is 21.7. The van der Waals surface area contributed by atoms with Gasteiger partial charge in [-0.25, -0.2) is 30.7 Å². The number of rotatable bonds is 19. The summed E-state index contributed by atoms with van der Waals surface area (Å²) < 4.78 is 114. The summed E-state index contributed by atoms with van der Waals surface area (Å²) in [6.45, 7) is 11.9. The van der Waals surface area contributed by atoms with Crippen molar-refractivity contribution < 1.29 is 48.8 Å². The maximum absolute atomic E-state index is 14.9. The van der Waals surface area contributed by atoms with Crippen LogP contribution in [0, 0.1) is 11.2 Å². The maximum Gasteiger partial charge on any atom is 0.501 e. The molecule has 3 N–H and O–H groups in total. The third kappa shape index (κ3) is 15.0. The molecule has 0 spiro atoms. The summed E-state index contributed by atoms with van der Waals surface area (Å²) in [4.78, 5) is 46.5. The first-order chi connectivity index (χ1) is 38.5. The highest BCUT2D eigenvalue weighted by atomic mass is 35.5. The highest BCUT2D eigenvalue weighted by molar-refractivity contribution is 7.99. The van der Waals surface area contributed by atoms with E-state index in [1.165, 1.54) is 51.6 Å². The molecule has 15 nitrogen and oxygen atoms in total. The van der Waals surface area contributed by atoms with Gasteiger partial charge < -0.3 is 15.1 Å². The number of hydrogen-bond acceptors (Lipinski definition) is 13. The van der Waals surface area contributed by atoms with Crippen molar-refractivity contribution in [2.24, 2.45) is 5.41 Å². The molecule has 9 rings (SSSR count). The number of alkyl halides is 3. The predicted octanol–water partition coefficient (Wildman–Crippen LogP) is 9.90. The zero-order valence-electron chi connectivity index (χ0n) is 45.0. The van der Waals surface area contributed by atoms with Crippen LogP contribution in [-0.4, -0.2) is 139 Å². The summed E-state index contributed by atoms with van der Waals surface area (Å²) in [5.74, 6) is -1.78. The zero-order valence-corrected chi connectivity index (χ0v) is 48.2. The van der Waals surface area contributed by atoms with E-state index in [0.717, 1.165) is 67.2 Å². The van der Waals surface area contributed by atoms with Gasteiger partial charge in [0, 0.05) is 118 Å². The smallest absolute Gasteiger partial charge is 0.380 e. The lowest BCUT2D eigenvalue weighted by Crippen LogP contribution is -2.50. The van der Waals surface area contributed by atoms with Gasteiger partial charge >= 0.3 is 11.5 Å². The van der Waals surface area contributed by atoms with E-state index in [4.69, 9.17) is 11.6 Å². The van der Waals surface area contributed by atoms with Gasteiger partial charge in [0.2, 0.25) is 5.91 Å². The molecule has 3 aliphatic heterocycles. The second-order valence-corrected chi connectivity index (χ2v) is 26.8. The van der Waals surface area contributed by atoms with Gasteiger partial charge in [-0.2, -0.15) is 13.2 Å². The minimum Gasteiger partial charge on any atom is -0.380 e. The van der Waals surface area contributed by atoms with Gasteiger partial charge in [-0.3, -0.25) is 29.6 Å². The van der Waals surface area contributed by atoms with E-state index >= 15 is 0 Å². The van der Waals surface area contributed by atoms with E-state index in [1.54, 1.807) is 24.3 Å². The summed E-state index contributed by atoms with van der Waals surface area (Å²) >= 11 is 7.61. The minimum absolute atomic E-state index is 0.0315. The van der Waals surface area contributed by atoms with Crippen molar-refractivity contribution in [3.8, 4) is 0 Å². The molecule has 0 radical (unpaired) electrons. The Balaban J connectivity index is 0.835. The van der Waals surface area contributed by atoms with E-state index < -0.39 is 70.6 Å². The van der Waals surface area contributed by atoms with Crippen LogP contribution >= 0.6 is 23.4 Å². The molecule has 4 aliphatic rings. The number of nitrogens with zero attached hydrogens (tertiary/aromatic N) is 5. The van der Waals surface area contributed by atoms with Crippen LogP contribution in [0.2, 0.25) is 5.02 Å². The molecule has 23 heteroatoms. The van der Waals surface area contributed by atoms with Crippen molar-refractivity contribution in [1.29, 1.82) is 0 Å². The number of sulfonamides is 1. The van der Waals surface area contributed by atoms with Crippen LogP contribution in [0.3, 0.4) is 0 Å². The molecule has 5 aromatic carbocycles. The first-order valence-electron chi connectivity index (χ1n) is 26.9. The third-order valence-corrected chi connectivity index (χ3v) is 19.6. The lowest BCUT2D eigenvalue weighted by molar-refractivity contribution is -0.120. The number of urea groups is 1. The Morgan fingerprint density at radius 3 is 2.12 bits per heavy atom. The van der Waals surface area contributed by atoms with Gasteiger partial charge in [-0.05, 0) is 127 Å². The Bertz CT molecular complexity index is 3360. The molecule has 3 fully saturated rings. The van der Waals surface area contributed by atoms with Gasteiger partial charge in [0.1, 0.15) is 10.7 Å². The lowest BCUT2D eigenvalue weighted by atomic mass is 9.73. The highest BCUT2D eigenvalue weighted by Crippen LogP contribution is 2.43. The van der Waals surface area contributed by atoms with E-state index in [2.05, 4.69) is 56.2 Å². The van der Waals surface area contributed by atoms with Crippen molar-refractivity contribution in [3.05, 3.63) is 148 Å². The molecular formula is C58H65ClF4N8O7S3. The van der Waals surface area contributed by atoms with Crippen LogP contribution < -0.4 is 25.2 Å². The fourth-order valence-electron chi connectivity index (χ4n) is 10.8. The molecule has 0 unspecified atom stereocenters. The Morgan fingerprint density at radius 2 is 1.44 bits per heavy atom. The molecule has 3 heterocycles. The summed E-state index contributed by atoms with van der Waals surface area (Å²) in [5.41, 5.74) is -0.413. The number of carbonyl (C=O) groups excluding carboxylic acids is 3. The Labute approximate surface area is 480 Å². The highest BCUT2D eigenvalue weighted by Gasteiger charge is 2.48. The number of hydrogen-bond donors (Lipinski definition) is 3. The molecule has 0 saturated carbocycles. The number of nitrogens with one attached hydrogen (secondary N) is 3. The molecule has 4 amide bonds. The fraction of sp³-hybridized carbons (Fsp3) is 0.397. The number of halogens is 5. The minimum atomic E-state index is -6.15. The van der Waals surface area contributed by atoms with E-state index in [-0.39, 0.29) is 29.6 Å². The summed E-state index contributed by atoms with van der Waals surface area (Å²) in [5, 5.41) is 5.93. The van der Waals surface area contributed by atoms with Crippen molar-refractivity contribution in [1.82, 2.24) is 24.7 Å². The lowest BCUT2D eigenvalue weighted by Gasteiger charge is -2.39. The average Bonchev–Trinajstić information content (AvgIpc) is 3.48. The molecule has 81 heavy (non-hydrogen) atoms. The van der Waals surface area contributed by atoms with Gasteiger partial charge in [-0.15, -0.1) is 11.8 Å². The van der Waals surface area contributed by atoms with Crippen molar-refractivity contribution in [2.75, 3.05) is 92.9 Å². The number of thioether (sulfide) groups is 1. The van der Waals surface area contributed by atoms with Crippen LogP contribution in [0.1, 0.15) is 67.4 Å². The maximum atomic E-state index is 14.9. The standard InChI is InChI=1S/C58H65ClF4N8O7S3/c1-57(2)23-20-49(41-9-13-44(59)14-10-41)43(36-57)38-69-30-32-70(33-31-69)46-15-11-42(12-16-46)55(73)66-81(77,78)48-17-19-51(53(35-48)80(75,76)58(61,62)63)64-45(39-79-47-6-4-3-5-7-47)21-24-67-26-28-68(29-27-67)37-40-8-18-50(60)52(34-40)71-25-22-54(72)65-56(71)74/h3-19,34-35,45,64H,20-33,36-39H2,1-2H3,(H,66,73)(H,65,72,74)/t45-/m1/s1. The van der Waals surface area contributed by atoms with Gasteiger partial charge in [0.15, 0.2) is 0 Å². The normalized spacial score (nSPS) is 18.4. The second kappa shape index (κ2) is 25.2. The number of imide groups is 1. The first-order valence-corrected chi connectivity index (χ1v) is 31.2. The fourth-order valence-corrected chi connectivity index (χ4v) is 13.9. The molecule has 1 aliphatic carbocycles. The topological polar surface area (TPSA) is 172 Å². The average molecular weight is 1190 g/mol. The summed E-state index contributed by atoms with van der Waals surface area (Å²) in [6.07, 6.45) is 3.50. The number of carbonyl (C=O) groups is 3. The first kappa shape index (κ1) is 59.6. The molecule has 5 aromatic rings. The van der Waals surface area contributed by atoms with Gasteiger partial charge in [-0.1, -0.05) is 67.4 Å². The molecule has 3 saturated heterocycles. The van der Waals surface area contributed by atoms with Crippen LogP contribution in [0.25, 0.3) is 5.57 Å². The number of sulfone groups is 1. The number of allylic oxidation sites excluding steroid dienone is 1. The number of piperazine rings is 2. The van der Waals surface area contributed by atoms with Crippen LogP contribution in [0.4, 0.5) is 39.4 Å². The number of benzene rings is 5. The molecule has 0 aromatic heterocycles. The van der Waals surface area contributed by atoms with E-state index in [0.29, 0.717) is 75.6 Å². The van der Waals surface area contributed by atoms with E-state index in [1.807, 2.05) is 47.2 Å². The van der Waals surface area contributed by atoms with E-state index in [9.17, 15) is 48.8 Å². The Kier molecular flexibility index (Phi) is 18.6. The Hall–Kier alpha value is -6.01. The summed E-state index contributed by atoms with van der Waals surface area (Å²) in [6, 6.07) is 29.2. The van der Waals surface area contributed by atoms with Crippen molar-refractivity contribution in [3.63, 3.8) is 0 Å². The zero-order chi connectivity index (χ0) is 57.7. The van der Waals surface area contributed by atoms with Crippen molar-refractivity contribution >= 4 is 83.7 Å². The molecule has 1 atom stereocenters. The summed E-state index contributed by atoms with van der Waals surface area (Å²) in [7, 11) is -11.1. The van der Waals surface area contributed by atoms with Crippen molar-refractivity contribution in [2.45, 2.75) is 78.7 Å². The van der Waals surface area contributed by atoms with Gasteiger partial charge in [0.25, 0.3) is 25.8 Å². The van der Waals surface area contributed by atoms with Gasteiger partial charge in [0.05, 0.1) is 16.3 Å². The monoisotopic (exact) mass is 1190 g/mol. The van der Waals surface area contributed by atoms with Crippen LogP contribution in [-0.2, 0) is 31.2 Å². The molecule has 432 valence electrons. The predicted molar refractivity (Wildman–Crippen MR) is 308 cm³/mol. The number of amides is 4. The van der Waals surface area contributed by atoms with Crippen LogP contribution in [0.15, 0.2) is 136 Å². The molecular weight excluding hydrogens is 1130 g/mol. The quantitative estimate of drug-likeness (QED) is 0.0528. The third-order valence-electron chi connectivity index (χ3n) is 15.3. The van der Waals surface area contributed by atoms with Crippen LogP contribution in [0.5, 0.6) is 0 Å².